The van der Waals surface area contributed by atoms with Crippen molar-refractivity contribution in [3.8, 4) is 5.75 Å². The van der Waals surface area contributed by atoms with E-state index in [1.54, 1.807) is 31.3 Å². The summed E-state index contributed by atoms with van der Waals surface area (Å²) in [5.41, 5.74) is 11.3. The average Bonchev–Trinajstić information content (AvgIpc) is 2.80. The fourth-order valence-corrected chi connectivity index (χ4v) is 3.25. The predicted octanol–water partition coefficient (Wildman–Crippen LogP) is 6.36. The average molecular weight is 500 g/mol. The summed E-state index contributed by atoms with van der Waals surface area (Å²) in [4.78, 5) is 0. The fourth-order valence-electron chi connectivity index (χ4n) is 3.09. The number of hydrazone groups is 2. The maximum atomic E-state index is 12.4. The highest BCUT2D eigenvalue weighted by Gasteiger charge is 2.31. The second kappa shape index (κ2) is 11.5. The molecule has 0 aliphatic rings. The Bertz CT molecular complexity index is 1220. The van der Waals surface area contributed by atoms with Gasteiger partial charge in [-0.15, -0.1) is 13.2 Å². The third kappa shape index (κ3) is 8.11. The van der Waals surface area contributed by atoms with Crippen LogP contribution in [0.25, 0.3) is 0 Å². The van der Waals surface area contributed by atoms with E-state index in [1.165, 1.54) is 18.2 Å². The minimum absolute atomic E-state index is 0.300. The lowest BCUT2D eigenvalue weighted by Crippen LogP contribution is -2.24. The summed E-state index contributed by atoms with van der Waals surface area (Å²) in [7, 11) is 0. The molecule has 0 fully saturated rings. The van der Waals surface area contributed by atoms with Crippen LogP contribution < -0.4 is 20.9 Å². The standard InChI is InChI=1S/C25H24F3N5OS/c1-16-6-4-7-17(2)23(16)30-24(35)33-29-15-19-10-12-21(13-11-19)32-31-18(3)20-8-5-9-22(14-20)34-25(26,27)28/h4-15,32H,1-3H3,(H2,30,33,35). The molecule has 0 spiro atoms. The molecule has 0 aliphatic carbocycles. The first kappa shape index (κ1) is 25.7. The Morgan fingerprint density at radius 2 is 1.63 bits per heavy atom. The molecule has 0 saturated heterocycles. The Morgan fingerprint density at radius 1 is 0.971 bits per heavy atom. The van der Waals surface area contributed by atoms with Gasteiger partial charge in [0, 0.05) is 11.3 Å². The van der Waals surface area contributed by atoms with E-state index in [1.807, 2.05) is 44.2 Å². The summed E-state index contributed by atoms with van der Waals surface area (Å²) >= 11 is 5.30. The number of ether oxygens (including phenoxy) is 1. The Balaban J connectivity index is 1.54. The van der Waals surface area contributed by atoms with Gasteiger partial charge in [0.05, 0.1) is 17.6 Å². The van der Waals surface area contributed by atoms with E-state index in [9.17, 15) is 13.2 Å². The number of halogens is 3. The Morgan fingerprint density at radius 3 is 2.29 bits per heavy atom. The Hall–Kier alpha value is -3.92. The molecule has 3 aromatic carbocycles. The van der Waals surface area contributed by atoms with Gasteiger partial charge in [0.2, 0.25) is 0 Å². The van der Waals surface area contributed by atoms with Gasteiger partial charge in [0.15, 0.2) is 5.11 Å². The van der Waals surface area contributed by atoms with Gasteiger partial charge in [-0.2, -0.15) is 10.2 Å². The fraction of sp³-hybridized carbons (Fsp3) is 0.160. The zero-order valence-electron chi connectivity index (χ0n) is 19.3. The number of hydrogen-bond donors (Lipinski definition) is 3. The number of benzene rings is 3. The molecular formula is C25H24F3N5OS. The highest BCUT2D eigenvalue weighted by atomic mass is 32.1. The van der Waals surface area contributed by atoms with Crippen LogP contribution in [0.1, 0.15) is 29.2 Å². The van der Waals surface area contributed by atoms with Crippen LogP contribution in [0.3, 0.4) is 0 Å². The molecule has 3 aromatic rings. The highest BCUT2D eigenvalue weighted by molar-refractivity contribution is 7.80. The second-order valence-electron chi connectivity index (χ2n) is 7.60. The molecule has 3 rings (SSSR count). The van der Waals surface area contributed by atoms with E-state index in [2.05, 4.69) is 31.1 Å². The molecule has 0 heterocycles. The minimum atomic E-state index is -4.75. The van der Waals surface area contributed by atoms with E-state index in [0.717, 1.165) is 22.4 Å². The second-order valence-corrected chi connectivity index (χ2v) is 8.01. The monoisotopic (exact) mass is 499 g/mol. The van der Waals surface area contributed by atoms with Gasteiger partial charge in [0.1, 0.15) is 5.75 Å². The zero-order chi connectivity index (χ0) is 25.4. The maximum Gasteiger partial charge on any atom is 0.573 e. The minimum Gasteiger partial charge on any atom is -0.406 e. The molecule has 0 radical (unpaired) electrons. The molecule has 0 atom stereocenters. The first-order valence-electron chi connectivity index (χ1n) is 10.5. The van der Waals surface area contributed by atoms with Crippen LogP contribution in [0.2, 0.25) is 0 Å². The quantitative estimate of drug-likeness (QED) is 0.201. The van der Waals surface area contributed by atoms with Gasteiger partial charge < -0.3 is 10.1 Å². The molecular weight excluding hydrogens is 475 g/mol. The molecule has 0 unspecified atom stereocenters. The van der Waals surface area contributed by atoms with Crippen molar-refractivity contribution < 1.29 is 17.9 Å². The Kier molecular flexibility index (Phi) is 8.43. The van der Waals surface area contributed by atoms with Crippen LogP contribution >= 0.6 is 12.2 Å². The van der Waals surface area contributed by atoms with Crippen LogP contribution in [-0.4, -0.2) is 23.4 Å². The molecule has 0 bridgehead atoms. The van der Waals surface area contributed by atoms with Crippen molar-refractivity contribution in [2.24, 2.45) is 10.2 Å². The van der Waals surface area contributed by atoms with Crippen molar-refractivity contribution in [2.45, 2.75) is 27.1 Å². The summed E-state index contributed by atoms with van der Waals surface area (Å²) in [5.74, 6) is -0.300. The third-order valence-electron chi connectivity index (χ3n) is 4.85. The van der Waals surface area contributed by atoms with Crippen LogP contribution in [-0.2, 0) is 0 Å². The first-order chi connectivity index (χ1) is 16.6. The summed E-state index contributed by atoms with van der Waals surface area (Å²) in [6, 6.07) is 18.9. The van der Waals surface area contributed by atoms with Gasteiger partial charge >= 0.3 is 6.36 Å². The van der Waals surface area contributed by atoms with E-state index >= 15 is 0 Å². The van der Waals surface area contributed by atoms with E-state index in [0.29, 0.717) is 22.1 Å². The smallest absolute Gasteiger partial charge is 0.406 e. The van der Waals surface area contributed by atoms with Crippen molar-refractivity contribution in [1.29, 1.82) is 0 Å². The number of nitrogens with one attached hydrogen (secondary N) is 3. The number of thiocarbonyl (C=S) groups is 1. The molecule has 10 heteroatoms. The lowest BCUT2D eigenvalue weighted by molar-refractivity contribution is -0.274. The normalized spacial score (nSPS) is 11.9. The lowest BCUT2D eigenvalue weighted by atomic mass is 10.1. The third-order valence-corrected chi connectivity index (χ3v) is 5.04. The molecule has 35 heavy (non-hydrogen) atoms. The van der Waals surface area contributed by atoms with Gasteiger partial charge in [-0.1, -0.05) is 42.5 Å². The largest absolute Gasteiger partial charge is 0.573 e. The summed E-state index contributed by atoms with van der Waals surface area (Å²) in [6.45, 7) is 5.69. The van der Waals surface area contributed by atoms with Crippen LogP contribution in [0.15, 0.2) is 76.9 Å². The van der Waals surface area contributed by atoms with Crippen molar-refractivity contribution in [1.82, 2.24) is 5.43 Å². The van der Waals surface area contributed by atoms with Gasteiger partial charge in [-0.3, -0.25) is 10.9 Å². The number of anilines is 2. The zero-order valence-corrected chi connectivity index (χ0v) is 20.1. The number of rotatable bonds is 7. The molecule has 0 amide bonds. The van der Waals surface area contributed by atoms with Crippen molar-refractivity contribution in [3.05, 3.63) is 89.0 Å². The molecule has 182 valence electrons. The number of nitrogens with zero attached hydrogens (tertiary/aromatic N) is 2. The molecule has 0 saturated carbocycles. The molecule has 6 nitrogen and oxygen atoms in total. The van der Waals surface area contributed by atoms with Crippen LogP contribution in [0, 0.1) is 13.8 Å². The van der Waals surface area contributed by atoms with Crippen molar-refractivity contribution in [3.63, 3.8) is 0 Å². The summed E-state index contributed by atoms with van der Waals surface area (Å²) in [6.07, 6.45) is -3.12. The maximum absolute atomic E-state index is 12.4. The van der Waals surface area contributed by atoms with E-state index < -0.39 is 6.36 Å². The van der Waals surface area contributed by atoms with Gasteiger partial charge in [0.25, 0.3) is 0 Å². The Labute approximate surface area is 206 Å². The topological polar surface area (TPSA) is 70.0 Å². The van der Waals surface area contributed by atoms with E-state index in [-0.39, 0.29) is 5.75 Å². The SMILES string of the molecule is CC(=NNc1ccc(C=NNC(=S)Nc2c(C)cccc2C)cc1)c1cccc(OC(F)(F)F)c1. The molecule has 0 aliphatic heterocycles. The number of hydrogen-bond acceptors (Lipinski definition) is 5. The first-order valence-corrected chi connectivity index (χ1v) is 10.9. The predicted molar refractivity (Wildman–Crippen MR) is 138 cm³/mol. The van der Waals surface area contributed by atoms with Gasteiger partial charge in [-0.05, 0) is 73.9 Å². The van der Waals surface area contributed by atoms with Crippen molar-refractivity contribution in [2.75, 3.05) is 10.7 Å². The lowest BCUT2D eigenvalue weighted by Gasteiger charge is -2.12. The van der Waals surface area contributed by atoms with E-state index in [4.69, 9.17) is 12.2 Å². The number of para-hydroxylation sites is 1. The molecule has 0 aromatic heterocycles. The number of aryl methyl sites for hydroxylation is 2. The highest BCUT2D eigenvalue weighted by Crippen LogP contribution is 2.23. The summed E-state index contributed by atoms with van der Waals surface area (Å²) < 4.78 is 41.2. The summed E-state index contributed by atoms with van der Waals surface area (Å²) in [5, 5.41) is 11.9. The van der Waals surface area contributed by atoms with Crippen LogP contribution in [0.4, 0.5) is 24.5 Å². The number of alkyl halides is 3. The van der Waals surface area contributed by atoms with Crippen LogP contribution in [0.5, 0.6) is 5.75 Å². The molecule has 3 N–H and O–H groups in total. The van der Waals surface area contributed by atoms with Crippen molar-refractivity contribution >= 4 is 40.6 Å². The van der Waals surface area contributed by atoms with Gasteiger partial charge in [-0.25, -0.2) is 0 Å².